The molecule has 0 aromatic carbocycles. The predicted octanol–water partition coefficient (Wildman–Crippen LogP) is -0.663. The minimum atomic E-state index is 0.434. The van der Waals surface area contributed by atoms with Gasteiger partial charge in [0.05, 0.1) is 6.67 Å². The summed E-state index contributed by atoms with van der Waals surface area (Å²) in [6, 6.07) is 0. The molecule has 0 atom stereocenters. The minimum Gasteiger partial charge on any atom is -0.318 e. The molecule has 0 amide bonds. The molecule has 0 unspecified atom stereocenters. The van der Waals surface area contributed by atoms with Gasteiger partial charge in [0.25, 0.3) is 0 Å². The quantitative estimate of drug-likeness (QED) is 0.287. The molecule has 26 valence electrons. The summed E-state index contributed by atoms with van der Waals surface area (Å²) in [5, 5.41) is 0. The lowest BCUT2D eigenvalue weighted by Gasteiger charge is -1.76. The molecule has 3 heteroatoms. The Kier molecular flexibility index (Phi) is 3.49. The van der Waals surface area contributed by atoms with Crippen molar-refractivity contribution in [3.63, 3.8) is 0 Å². The van der Waals surface area contributed by atoms with E-state index in [-0.39, 0.29) is 0 Å². The number of hydrogen-bond donors (Lipinski definition) is 3. The summed E-state index contributed by atoms with van der Waals surface area (Å²) in [7, 11) is 0. The molecule has 0 fully saturated rings. The summed E-state index contributed by atoms with van der Waals surface area (Å²) in [5.41, 5.74) is 4.84. The normalized spacial score (nSPS) is 7.50. The van der Waals surface area contributed by atoms with Crippen LogP contribution >= 0.6 is 12.8 Å². The maximum atomic E-state index is 4.84. The van der Waals surface area contributed by atoms with Crippen LogP contribution in [0.5, 0.6) is 0 Å². The monoisotopic (exact) mass is 78.0 g/mol. The first kappa shape index (κ1) is 4.27. The Balaban J connectivity index is 1.97. The number of nitrogens with two attached hydrogens (primary N) is 1. The SMILES string of the molecule is NCNS. The average molecular weight is 78.1 g/mol. The van der Waals surface area contributed by atoms with Crippen molar-refractivity contribution in [3.8, 4) is 0 Å². The summed E-state index contributed by atoms with van der Waals surface area (Å²) in [6.07, 6.45) is 0. The van der Waals surface area contributed by atoms with Crippen LogP contribution in [0.2, 0.25) is 0 Å². The zero-order valence-electron chi connectivity index (χ0n) is 2.23. The number of hydrogen-bond acceptors (Lipinski definition) is 3. The molecule has 0 aliphatic rings. The van der Waals surface area contributed by atoms with Crippen LogP contribution in [0.1, 0.15) is 0 Å². The summed E-state index contributed by atoms with van der Waals surface area (Å²) >= 11 is 3.55. The Hall–Kier alpha value is 0.270. The van der Waals surface area contributed by atoms with E-state index in [1.165, 1.54) is 0 Å². The van der Waals surface area contributed by atoms with Gasteiger partial charge < -0.3 is 5.73 Å². The Labute approximate surface area is 30.9 Å². The molecule has 0 saturated carbocycles. The highest BCUT2D eigenvalue weighted by molar-refractivity contribution is 7.78. The Bertz CT molecular complexity index is 8.00. The molecule has 0 aromatic heterocycles. The van der Waals surface area contributed by atoms with Gasteiger partial charge in [-0.3, -0.25) is 4.72 Å². The van der Waals surface area contributed by atoms with E-state index in [1.807, 2.05) is 0 Å². The lowest BCUT2D eigenvalue weighted by molar-refractivity contribution is 0.993. The lowest BCUT2D eigenvalue weighted by Crippen LogP contribution is -2.10. The number of nitrogens with one attached hydrogen (secondary N) is 1. The van der Waals surface area contributed by atoms with Gasteiger partial charge in [-0.15, -0.1) is 0 Å². The van der Waals surface area contributed by atoms with Crippen LogP contribution in [-0.2, 0) is 0 Å². The van der Waals surface area contributed by atoms with Crippen molar-refractivity contribution in [1.29, 1.82) is 0 Å². The van der Waals surface area contributed by atoms with Gasteiger partial charge in [-0.1, -0.05) is 12.8 Å². The molecule has 3 N–H and O–H groups in total. The molecular weight excluding hydrogens is 72.1 g/mol. The van der Waals surface area contributed by atoms with Gasteiger partial charge >= 0.3 is 0 Å². The molecule has 0 radical (unpaired) electrons. The third kappa shape index (κ3) is 2.27. The van der Waals surface area contributed by atoms with Crippen LogP contribution in [-0.4, -0.2) is 6.67 Å². The zero-order valence-corrected chi connectivity index (χ0v) is 3.13. The third-order valence-electron chi connectivity index (χ3n) is 0.0913. The van der Waals surface area contributed by atoms with E-state index in [2.05, 4.69) is 17.5 Å². The van der Waals surface area contributed by atoms with E-state index in [1.54, 1.807) is 0 Å². The van der Waals surface area contributed by atoms with E-state index >= 15 is 0 Å². The Morgan fingerprint density at radius 1 is 2.00 bits per heavy atom. The molecule has 0 aliphatic heterocycles. The predicted molar refractivity (Wildman–Crippen MR) is 21.2 cm³/mol. The Morgan fingerprint density at radius 3 is 2.25 bits per heavy atom. The lowest BCUT2D eigenvalue weighted by atomic mass is 11.3. The van der Waals surface area contributed by atoms with Crippen LogP contribution in [0.4, 0.5) is 0 Å². The highest BCUT2D eigenvalue weighted by Gasteiger charge is 1.50. The third-order valence-corrected chi connectivity index (χ3v) is 0.274. The summed E-state index contributed by atoms with van der Waals surface area (Å²) in [5.74, 6) is 0. The van der Waals surface area contributed by atoms with Crippen molar-refractivity contribution in [2.75, 3.05) is 6.67 Å². The highest BCUT2D eigenvalue weighted by atomic mass is 32.1. The second-order valence-electron chi connectivity index (χ2n) is 0.362. The van der Waals surface area contributed by atoms with Gasteiger partial charge in [-0.25, -0.2) is 0 Å². The van der Waals surface area contributed by atoms with E-state index < -0.39 is 0 Å². The fourth-order valence-electron chi connectivity index (χ4n) is 0. The zero-order chi connectivity index (χ0) is 3.41. The number of rotatable bonds is 1. The van der Waals surface area contributed by atoms with Crippen LogP contribution in [0.3, 0.4) is 0 Å². The Morgan fingerprint density at radius 2 is 2.25 bits per heavy atom. The largest absolute Gasteiger partial charge is 0.318 e. The maximum absolute atomic E-state index is 4.84. The number of thiol groups is 1. The van der Waals surface area contributed by atoms with Crippen molar-refractivity contribution >= 4 is 12.8 Å². The van der Waals surface area contributed by atoms with Gasteiger partial charge in [0.15, 0.2) is 0 Å². The van der Waals surface area contributed by atoms with Crippen LogP contribution in [0.15, 0.2) is 0 Å². The highest BCUT2D eigenvalue weighted by Crippen LogP contribution is 1.42. The average Bonchev–Trinajstić information content (AvgIpc) is 1.37. The first-order valence-electron chi connectivity index (χ1n) is 0.985. The van der Waals surface area contributed by atoms with Gasteiger partial charge in [0.1, 0.15) is 0 Å². The molecule has 0 bridgehead atoms. The fraction of sp³-hybridized carbons (Fsp3) is 1.00. The van der Waals surface area contributed by atoms with Crippen molar-refractivity contribution in [3.05, 3.63) is 0 Å². The molecule has 0 rings (SSSR count). The molecule has 0 aromatic rings. The van der Waals surface area contributed by atoms with Gasteiger partial charge in [0.2, 0.25) is 0 Å². The van der Waals surface area contributed by atoms with E-state index in [4.69, 9.17) is 5.73 Å². The van der Waals surface area contributed by atoms with Crippen LogP contribution < -0.4 is 10.5 Å². The van der Waals surface area contributed by atoms with Gasteiger partial charge in [-0.05, 0) is 0 Å². The molecule has 0 saturated heterocycles. The van der Waals surface area contributed by atoms with Gasteiger partial charge in [-0.2, -0.15) is 0 Å². The summed E-state index contributed by atoms with van der Waals surface area (Å²) < 4.78 is 2.40. The van der Waals surface area contributed by atoms with Crippen LogP contribution in [0, 0.1) is 0 Å². The van der Waals surface area contributed by atoms with Crippen molar-refractivity contribution in [1.82, 2.24) is 4.72 Å². The van der Waals surface area contributed by atoms with Crippen molar-refractivity contribution in [2.24, 2.45) is 5.73 Å². The minimum absolute atomic E-state index is 0.434. The second kappa shape index (κ2) is 3.27. The smallest absolute Gasteiger partial charge is 0.0524 e. The first-order valence-corrected chi connectivity index (χ1v) is 1.43. The summed E-state index contributed by atoms with van der Waals surface area (Å²) in [4.78, 5) is 0. The van der Waals surface area contributed by atoms with E-state index in [0.29, 0.717) is 6.67 Å². The fourth-order valence-corrected chi connectivity index (χ4v) is 0. The van der Waals surface area contributed by atoms with Gasteiger partial charge in [0, 0.05) is 0 Å². The molecule has 2 nitrogen and oxygen atoms in total. The van der Waals surface area contributed by atoms with Crippen molar-refractivity contribution in [2.45, 2.75) is 0 Å². The molecule has 0 aliphatic carbocycles. The topological polar surface area (TPSA) is 38.0 Å². The van der Waals surface area contributed by atoms with Crippen molar-refractivity contribution < 1.29 is 0 Å². The molecule has 0 spiro atoms. The first-order chi connectivity index (χ1) is 1.91. The summed E-state index contributed by atoms with van der Waals surface area (Å²) in [6.45, 7) is 0.434. The van der Waals surface area contributed by atoms with E-state index in [9.17, 15) is 0 Å². The molecule has 0 heterocycles. The second-order valence-corrected chi connectivity index (χ2v) is 0.678. The molecule has 4 heavy (non-hydrogen) atoms. The molecular formula is CH6N2S. The standard InChI is InChI=1S/CH6N2S/c2-1-3-4/h3-4H,1-2H2. The van der Waals surface area contributed by atoms with E-state index in [0.717, 1.165) is 0 Å². The maximum Gasteiger partial charge on any atom is 0.0524 e. The van der Waals surface area contributed by atoms with Crippen LogP contribution in [0.25, 0.3) is 0 Å².